The Labute approximate surface area is 195 Å². The van der Waals surface area contributed by atoms with E-state index >= 15 is 0 Å². The Bertz CT molecular complexity index is 564. The third-order valence-electron chi connectivity index (χ3n) is 4.83. The molecule has 6 nitrogen and oxygen atoms in total. The van der Waals surface area contributed by atoms with Gasteiger partial charge in [-0.3, -0.25) is 4.99 Å². The Balaban J connectivity index is 0.00000784. The van der Waals surface area contributed by atoms with E-state index in [4.69, 9.17) is 4.74 Å². The van der Waals surface area contributed by atoms with Gasteiger partial charge < -0.3 is 25.2 Å². The van der Waals surface area contributed by atoms with E-state index in [9.17, 15) is 0 Å². The molecule has 0 fully saturated rings. The van der Waals surface area contributed by atoms with Crippen molar-refractivity contribution in [2.24, 2.45) is 4.99 Å². The number of guanidine groups is 1. The standard InChI is InChI=1S/C22H41N5O.HI/c1-7-27(8-2)15-11-12-19(3)25-22(23-4)24-18-20-13-9-10-14-21(20)28-17-16-26(5)6;/h9-10,13-14,19H,7-8,11-12,15-18H2,1-6H3,(H2,23,24,25);1H. The van der Waals surface area contributed by atoms with Crippen molar-refractivity contribution in [3.63, 3.8) is 0 Å². The number of nitrogens with one attached hydrogen (secondary N) is 2. The molecular formula is C22H42IN5O. The molecule has 0 saturated heterocycles. The van der Waals surface area contributed by atoms with Crippen LogP contribution in [0, 0.1) is 0 Å². The molecule has 1 aromatic carbocycles. The molecule has 168 valence electrons. The molecule has 0 amide bonds. The van der Waals surface area contributed by atoms with E-state index in [0.717, 1.165) is 49.9 Å². The van der Waals surface area contributed by atoms with Crippen molar-refractivity contribution in [3.8, 4) is 5.75 Å². The predicted molar refractivity (Wildman–Crippen MR) is 136 cm³/mol. The first kappa shape index (κ1) is 27.9. The number of ether oxygens (including phenoxy) is 1. The fourth-order valence-electron chi connectivity index (χ4n) is 2.97. The third-order valence-corrected chi connectivity index (χ3v) is 4.83. The molecular weight excluding hydrogens is 477 g/mol. The molecule has 0 radical (unpaired) electrons. The molecule has 0 aromatic heterocycles. The lowest BCUT2D eigenvalue weighted by Crippen LogP contribution is -2.42. The molecule has 1 atom stereocenters. The summed E-state index contributed by atoms with van der Waals surface area (Å²) in [7, 11) is 5.92. The second-order valence-electron chi connectivity index (χ2n) is 7.40. The van der Waals surface area contributed by atoms with Gasteiger partial charge in [-0.05, 0) is 59.6 Å². The van der Waals surface area contributed by atoms with Crippen LogP contribution in [-0.2, 0) is 6.54 Å². The number of aliphatic imine (C=N–C) groups is 1. The van der Waals surface area contributed by atoms with E-state index in [-0.39, 0.29) is 24.0 Å². The van der Waals surface area contributed by atoms with Crippen molar-refractivity contribution >= 4 is 29.9 Å². The fourth-order valence-corrected chi connectivity index (χ4v) is 2.97. The maximum Gasteiger partial charge on any atom is 0.191 e. The minimum atomic E-state index is 0. The van der Waals surface area contributed by atoms with Crippen LogP contribution < -0.4 is 15.4 Å². The van der Waals surface area contributed by atoms with Gasteiger partial charge in [-0.15, -0.1) is 24.0 Å². The monoisotopic (exact) mass is 519 g/mol. The number of likely N-dealkylation sites (N-methyl/N-ethyl adjacent to an activating group) is 1. The smallest absolute Gasteiger partial charge is 0.191 e. The van der Waals surface area contributed by atoms with Gasteiger partial charge >= 0.3 is 0 Å². The molecule has 2 N–H and O–H groups in total. The molecule has 1 aromatic rings. The molecule has 1 unspecified atom stereocenters. The Morgan fingerprint density at radius 1 is 1.14 bits per heavy atom. The van der Waals surface area contributed by atoms with Crippen LogP contribution in [0.1, 0.15) is 39.2 Å². The molecule has 0 heterocycles. The number of nitrogens with zero attached hydrogens (tertiary/aromatic N) is 3. The van der Waals surface area contributed by atoms with E-state index < -0.39 is 0 Å². The normalized spacial score (nSPS) is 12.6. The number of para-hydroxylation sites is 1. The summed E-state index contributed by atoms with van der Waals surface area (Å²) < 4.78 is 5.95. The van der Waals surface area contributed by atoms with Crippen molar-refractivity contribution in [1.82, 2.24) is 20.4 Å². The van der Waals surface area contributed by atoms with Gasteiger partial charge in [-0.2, -0.15) is 0 Å². The summed E-state index contributed by atoms with van der Waals surface area (Å²) in [4.78, 5) is 8.95. The minimum absolute atomic E-state index is 0. The minimum Gasteiger partial charge on any atom is -0.492 e. The van der Waals surface area contributed by atoms with Gasteiger partial charge in [0.2, 0.25) is 0 Å². The zero-order valence-electron chi connectivity index (χ0n) is 19.2. The average molecular weight is 520 g/mol. The molecule has 1 rings (SSSR count). The van der Waals surface area contributed by atoms with Crippen LogP contribution in [0.2, 0.25) is 0 Å². The maximum absolute atomic E-state index is 5.95. The summed E-state index contributed by atoms with van der Waals surface area (Å²) in [6.45, 7) is 12.3. The van der Waals surface area contributed by atoms with Crippen LogP contribution in [0.3, 0.4) is 0 Å². The first-order valence-corrected chi connectivity index (χ1v) is 10.5. The van der Waals surface area contributed by atoms with Gasteiger partial charge in [0.25, 0.3) is 0 Å². The Kier molecular flexibility index (Phi) is 16.1. The third kappa shape index (κ3) is 12.3. The summed E-state index contributed by atoms with van der Waals surface area (Å²) in [5.74, 6) is 1.76. The highest BCUT2D eigenvalue weighted by Gasteiger charge is 2.08. The first-order chi connectivity index (χ1) is 13.5. The summed E-state index contributed by atoms with van der Waals surface area (Å²) >= 11 is 0. The van der Waals surface area contributed by atoms with Crippen LogP contribution in [0.25, 0.3) is 0 Å². The summed E-state index contributed by atoms with van der Waals surface area (Å²) in [5.41, 5.74) is 1.14. The molecule has 0 aliphatic heterocycles. The van der Waals surface area contributed by atoms with Crippen molar-refractivity contribution in [1.29, 1.82) is 0 Å². The zero-order valence-corrected chi connectivity index (χ0v) is 21.5. The molecule has 0 bridgehead atoms. The molecule has 0 aliphatic carbocycles. The Morgan fingerprint density at radius 3 is 2.45 bits per heavy atom. The van der Waals surface area contributed by atoms with Crippen LogP contribution in [0.5, 0.6) is 5.75 Å². The van der Waals surface area contributed by atoms with E-state index in [1.165, 1.54) is 6.42 Å². The zero-order chi connectivity index (χ0) is 20.8. The highest BCUT2D eigenvalue weighted by Crippen LogP contribution is 2.17. The molecule has 7 heteroatoms. The predicted octanol–water partition coefficient (Wildman–Crippen LogP) is 3.42. The van der Waals surface area contributed by atoms with Gasteiger partial charge in [-0.1, -0.05) is 32.0 Å². The maximum atomic E-state index is 5.95. The van der Waals surface area contributed by atoms with Crippen LogP contribution in [0.4, 0.5) is 0 Å². The topological polar surface area (TPSA) is 52.1 Å². The molecule has 0 saturated carbocycles. The highest BCUT2D eigenvalue weighted by molar-refractivity contribution is 14.0. The second-order valence-corrected chi connectivity index (χ2v) is 7.40. The quantitative estimate of drug-likeness (QED) is 0.238. The molecule has 0 spiro atoms. The van der Waals surface area contributed by atoms with E-state index in [1.54, 1.807) is 0 Å². The summed E-state index contributed by atoms with van der Waals surface area (Å²) in [5, 5.41) is 6.91. The van der Waals surface area contributed by atoms with Gasteiger partial charge in [0.05, 0.1) is 0 Å². The Hall–Kier alpha value is -1.06. The lowest BCUT2D eigenvalue weighted by Gasteiger charge is -2.21. The summed E-state index contributed by atoms with van der Waals surface area (Å²) in [6.07, 6.45) is 2.32. The van der Waals surface area contributed by atoms with E-state index in [1.807, 2.05) is 25.2 Å². The van der Waals surface area contributed by atoms with Crippen molar-refractivity contribution in [2.45, 2.75) is 46.2 Å². The lowest BCUT2D eigenvalue weighted by molar-refractivity contribution is 0.259. The van der Waals surface area contributed by atoms with Crippen molar-refractivity contribution in [2.75, 3.05) is 53.9 Å². The van der Waals surface area contributed by atoms with Crippen LogP contribution >= 0.6 is 24.0 Å². The summed E-state index contributed by atoms with van der Waals surface area (Å²) in [6, 6.07) is 8.56. The first-order valence-electron chi connectivity index (χ1n) is 10.5. The van der Waals surface area contributed by atoms with Gasteiger partial charge in [0.15, 0.2) is 5.96 Å². The second kappa shape index (κ2) is 16.7. The van der Waals surface area contributed by atoms with Crippen molar-refractivity contribution < 1.29 is 4.74 Å². The molecule has 0 aliphatic rings. The number of benzene rings is 1. The molecule has 29 heavy (non-hydrogen) atoms. The van der Waals surface area contributed by atoms with E-state index in [2.05, 4.69) is 66.4 Å². The highest BCUT2D eigenvalue weighted by atomic mass is 127. The van der Waals surface area contributed by atoms with Crippen LogP contribution in [-0.4, -0.2) is 75.7 Å². The fraction of sp³-hybridized carbons (Fsp3) is 0.682. The number of hydrogen-bond acceptors (Lipinski definition) is 4. The van der Waals surface area contributed by atoms with E-state index in [0.29, 0.717) is 19.2 Å². The number of hydrogen-bond donors (Lipinski definition) is 2. The van der Waals surface area contributed by atoms with Gasteiger partial charge in [0.1, 0.15) is 12.4 Å². The van der Waals surface area contributed by atoms with Crippen molar-refractivity contribution in [3.05, 3.63) is 29.8 Å². The van der Waals surface area contributed by atoms with Crippen LogP contribution in [0.15, 0.2) is 29.3 Å². The lowest BCUT2D eigenvalue weighted by atomic mass is 10.1. The van der Waals surface area contributed by atoms with Gasteiger partial charge in [0, 0.05) is 31.7 Å². The largest absolute Gasteiger partial charge is 0.492 e. The van der Waals surface area contributed by atoms with Gasteiger partial charge in [-0.25, -0.2) is 0 Å². The SMILES string of the molecule is CCN(CC)CCCC(C)NC(=NC)NCc1ccccc1OCCN(C)C.I. The Morgan fingerprint density at radius 2 is 1.83 bits per heavy atom. The average Bonchev–Trinajstić information content (AvgIpc) is 2.69. The number of halogens is 1. The number of rotatable bonds is 13.